The Balaban J connectivity index is 1.60. The van der Waals surface area contributed by atoms with Gasteiger partial charge in [0.25, 0.3) is 5.69 Å². The van der Waals surface area contributed by atoms with Gasteiger partial charge in [0.1, 0.15) is 12.4 Å². The second-order valence-corrected chi connectivity index (χ2v) is 7.51. The summed E-state index contributed by atoms with van der Waals surface area (Å²) in [4.78, 5) is 10.4. The maximum atomic E-state index is 10.9. The van der Waals surface area contributed by atoms with Gasteiger partial charge in [-0.2, -0.15) is 5.26 Å². The number of rotatable bonds is 7. The van der Waals surface area contributed by atoms with Gasteiger partial charge < -0.3 is 9.30 Å². The molecule has 7 heteroatoms. The van der Waals surface area contributed by atoms with Crippen LogP contribution in [0.2, 0.25) is 5.02 Å². The first kappa shape index (κ1) is 21.2. The first-order valence-electron chi connectivity index (χ1n) is 9.88. The molecule has 4 aromatic rings. The Morgan fingerprint density at radius 2 is 1.81 bits per heavy atom. The number of non-ortho nitro benzene ring substituents is 1. The van der Waals surface area contributed by atoms with Crippen LogP contribution in [0.3, 0.4) is 0 Å². The normalized spacial score (nSPS) is 11.3. The van der Waals surface area contributed by atoms with E-state index >= 15 is 0 Å². The zero-order valence-corrected chi connectivity index (χ0v) is 17.7. The number of halogens is 1. The van der Waals surface area contributed by atoms with Crippen LogP contribution >= 0.6 is 11.6 Å². The third-order valence-electron chi connectivity index (χ3n) is 5.04. The molecule has 32 heavy (non-hydrogen) atoms. The van der Waals surface area contributed by atoms with Crippen LogP contribution in [-0.2, 0) is 6.54 Å². The maximum absolute atomic E-state index is 10.9. The Morgan fingerprint density at radius 1 is 1.09 bits per heavy atom. The number of aromatic nitrogens is 1. The molecule has 0 atom stereocenters. The van der Waals surface area contributed by atoms with Crippen LogP contribution in [0.25, 0.3) is 22.6 Å². The van der Waals surface area contributed by atoms with Gasteiger partial charge in [0.05, 0.1) is 23.1 Å². The van der Waals surface area contributed by atoms with E-state index in [-0.39, 0.29) is 5.69 Å². The number of hydrogen-bond donors (Lipinski definition) is 0. The van der Waals surface area contributed by atoms with Gasteiger partial charge >= 0.3 is 0 Å². The van der Waals surface area contributed by atoms with Crippen molar-refractivity contribution in [3.8, 4) is 11.8 Å². The number of ether oxygens (including phenoxy) is 1. The molecule has 0 aliphatic rings. The van der Waals surface area contributed by atoms with Crippen LogP contribution in [0.5, 0.6) is 5.75 Å². The molecule has 158 valence electrons. The van der Waals surface area contributed by atoms with Crippen molar-refractivity contribution in [2.75, 3.05) is 6.61 Å². The van der Waals surface area contributed by atoms with Crippen LogP contribution in [0.4, 0.5) is 5.69 Å². The number of allylic oxidation sites excluding steroid dienone is 1. The molecular weight excluding hydrogens is 426 g/mol. The van der Waals surface area contributed by atoms with E-state index < -0.39 is 4.92 Å². The van der Waals surface area contributed by atoms with Crippen molar-refractivity contribution in [2.45, 2.75) is 6.54 Å². The zero-order valence-electron chi connectivity index (χ0n) is 16.9. The summed E-state index contributed by atoms with van der Waals surface area (Å²) in [5, 5.41) is 22.3. The summed E-state index contributed by atoms with van der Waals surface area (Å²) in [5.74, 6) is 0.746. The lowest BCUT2D eigenvalue weighted by atomic mass is 10.0. The Labute approximate surface area is 189 Å². The molecule has 0 saturated carbocycles. The van der Waals surface area contributed by atoms with Crippen LogP contribution in [0.1, 0.15) is 11.1 Å². The molecule has 1 aromatic heterocycles. The molecule has 0 spiro atoms. The highest BCUT2D eigenvalue weighted by molar-refractivity contribution is 6.30. The van der Waals surface area contributed by atoms with E-state index in [4.69, 9.17) is 16.3 Å². The molecule has 0 bridgehead atoms. The summed E-state index contributed by atoms with van der Waals surface area (Å²) in [6.45, 7) is 1.09. The minimum atomic E-state index is -0.459. The largest absolute Gasteiger partial charge is 0.492 e. The predicted octanol–water partition coefficient (Wildman–Crippen LogP) is 6.35. The number of benzene rings is 3. The van der Waals surface area contributed by atoms with Crippen molar-refractivity contribution < 1.29 is 9.66 Å². The number of nitro groups is 1. The minimum Gasteiger partial charge on any atom is -0.492 e. The molecule has 0 aliphatic heterocycles. The lowest BCUT2D eigenvalue weighted by molar-refractivity contribution is -0.384. The van der Waals surface area contributed by atoms with Crippen molar-refractivity contribution in [1.29, 1.82) is 5.26 Å². The molecule has 0 radical (unpaired) electrons. The standard InChI is InChI=1S/C25H18ClN3O3/c26-21-7-11-23(12-8-21)32-14-13-28-17-20(24-3-1-2-4-25(24)28)15-19(16-27)18-5-9-22(10-6-18)29(30)31/h1-12,15,17H,13-14H2. The second-order valence-electron chi connectivity index (χ2n) is 7.07. The van der Waals surface area contributed by atoms with E-state index in [1.807, 2.05) is 42.6 Å². The van der Waals surface area contributed by atoms with Gasteiger partial charge in [0.2, 0.25) is 0 Å². The van der Waals surface area contributed by atoms with Gasteiger partial charge in [-0.1, -0.05) is 29.8 Å². The molecule has 1 heterocycles. The molecule has 4 rings (SSSR count). The lowest BCUT2D eigenvalue weighted by Gasteiger charge is -2.08. The second kappa shape index (κ2) is 9.38. The topological polar surface area (TPSA) is 81.1 Å². The van der Waals surface area contributed by atoms with E-state index in [2.05, 4.69) is 10.6 Å². The highest BCUT2D eigenvalue weighted by Gasteiger charge is 2.10. The fraction of sp³-hybridized carbons (Fsp3) is 0.0800. The summed E-state index contributed by atoms with van der Waals surface area (Å²) in [6.07, 6.45) is 3.79. The average Bonchev–Trinajstić information content (AvgIpc) is 3.16. The Hall–Kier alpha value is -4.08. The third kappa shape index (κ3) is 4.64. The molecule has 0 amide bonds. The van der Waals surface area contributed by atoms with Crippen molar-refractivity contribution in [1.82, 2.24) is 4.57 Å². The number of hydrogen-bond acceptors (Lipinski definition) is 4. The fourth-order valence-electron chi connectivity index (χ4n) is 3.47. The van der Waals surface area contributed by atoms with Crippen LogP contribution in [0, 0.1) is 21.4 Å². The zero-order chi connectivity index (χ0) is 22.5. The number of nitriles is 1. The van der Waals surface area contributed by atoms with E-state index in [1.165, 1.54) is 12.1 Å². The number of para-hydroxylation sites is 1. The van der Waals surface area contributed by atoms with Gasteiger partial charge in [0, 0.05) is 39.8 Å². The van der Waals surface area contributed by atoms with E-state index in [0.717, 1.165) is 22.2 Å². The Morgan fingerprint density at radius 3 is 2.50 bits per heavy atom. The van der Waals surface area contributed by atoms with Crippen LogP contribution in [-0.4, -0.2) is 16.1 Å². The SMILES string of the molecule is N#CC(=Cc1cn(CCOc2ccc(Cl)cc2)c2ccccc12)c1ccc([N+](=O)[O-])cc1. The van der Waals surface area contributed by atoms with Gasteiger partial charge in [-0.15, -0.1) is 0 Å². The van der Waals surface area contributed by atoms with E-state index in [9.17, 15) is 15.4 Å². The smallest absolute Gasteiger partial charge is 0.269 e. The average molecular weight is 444 g/mol. The van der Waals surface area contributed by atoms with Gasteiger partial charge in [-0.25, -0.2) is 0 Å². The van der Waals surface area contributed by atoms with Crippen molar-refractivity contribution in [3.63, 3.8) is 0 Å². The molecule has 0 saturated heterocycles. The number of nitrogens with zero attached hydrogens (tertiary/aromatic N) is 3. The Bertz CT molecular complexity index is 1330. The quantitative estimate of drug-likeness (QED) is 0.189. The molecular formula is C25H18ClN3O3. The van der Waals surface area contributed by atoms with Gasteiger partial charge in [-0.3, -0.25) is 10.1 Å². The molecule has 0 aliphatic carbocycles. The van der Waals surface area contributed by atoms with Crippen LogP contribution in [0.15, 0.2) is 79.0 Å². The monoisotopic (exact) mass is 443 g/mol. The number of nitro benzene ring substituents is 1. The fourth-order valence-corrected chi connectivity index (χ4v) is 3.59. The molecule has 3 aromatic carbocycles. The predicted molar refractivity (Wildman–Crippen MR) is 125 cm³/mol. The summed E-state index contributed by atoms with van der Waals surface area (Å²) >= 11 is 5.91. The summed E-state index contributed by atoms with van der Waals surface area (Å²) < 4.78 is 7.91. The summed E-state index contributed by atoms with van der Waals surface area (Å²) in [5.41, 5.74) is 2.96. The van der Waals surface area contributed by atoms with E-state index in [0.29, 0.717) is 29.3 Å². The third-order valence-corrected chi connectivity index (χ3v) is 5.30. The first-order valence-corrected chi connectivity index (χ1v) is 10.3. The summed E-state index contributed by atoms with van der Waals surface area (Å²) in [7, 11) is 0. The minimum absolute atomic E-state index is 0.0108. The first-order chi connectivity index (χ1) is 15.5. The molecule has 0 fully saturated rings. The molecule has 0 N–H and O–H groups in total. The molecule has 0 unspecified atom stereocenters. The van der Waals surface area contributed by atoms with E-state index in [1.54, 1.807) is 30.3 Å². The van der Waals surface area contributed by atoms with Crippen molar-refractivity contribution in [2.24, 2.45) is 0 Å². The van der Waals surface area contributed by atoms with Gasteiger partial charge in [0.15, 0.2) is 0 Å². The summed E-state index contributed by atoms with van der Waals surface area (Å²) in [6, 6.07) is 23.3. The van der Waals surface area contributed by atoms with Crippen LogP contribution < -0.4 is 4.74 Å². The lowest BCUT2D eigenvalue weighted by Crippen LogP contribution is -2.07. The van der Waals surface area contributed by atoms with Gasteiger partial charge in [-0.05, 0) is 54.1 Å². The van der Waals surface area contributed by atoms with Crippen molar-refractivity contribution in [3.05, 3.63) is 105 Å². The maximum Gasteiger partial charge on any atom is 0.269 e. The highest BCUT2D eigenvalue weighted by atomic mass is 35.5. The van der Waals surface area contributed by atoms with Crippen molar-refractivity contribution >= 4 is 39.8 Å². The molecule has 6 nitrogen and oxygen atoms in total. The highest BCUT2D eigenvalue weighted by Crippen LogP contribution is 2.27. The number of fused-ring (bicyclic) bond motifs is 1. The Kier molecular flexibility index (Phi) is 6.20.